The van der Waals surface area contributed by atoms with Gasteiger partial charge in [-0.1, -0.05) is 13.8 Å². The molecule has 72 valence electrons. The SMILES string of the molecule is CC.CCOC.Cn1cccc1. The lowest BCUT2D eigenvalue weighted by Gasteiger charge is -1.79. The summed E-state index contributed by atoms with van der Waals surface area (Å²) in [4.78, 5) is 0. The first kappa shape index (κ1) is 13.8. The van der Waals surface area contributed by atoms with Crippen molar-refractivity contribution in [2.24, 2.45) is 7.05 Å². The summed E-state index contributed by atoms with van der Waals surface area (Å²) >= 11 is 0. The van der Waals surface area contributed by atoms with Crippen LogP contribution in [0.25, 0.3) is 0 Å². The Kier molecular flexibility index (Phi) is 14.8. The molecule has 1 rings (SSSR count). The van der Waals surface area contributed by atoms with Gasteiger partial charge in [-0.3, -0.25) is 0 Å². The third kappa shape index (κ3) is 12.0. The van der Waals surface area contributed by atoms with Crippen LogP contribution in [0.3, 0.4) is 0 Å². The summed E-state index contributed by atoms with van der Waals surface area (Å²) in [5.41, 5.74) is 0. The summed E-state index contributed by atoms with van der Waals surface area (Å²) in [6.45, 7) is 6.78. The van der Waals surface area contributed by atoms with Crippen molar-refractivity contribution in [3.05, 3.63) is 24.5 Å². The van der Waals surface area contributed by atoms with Gasteiger partial charge in [-0.05, 0) is 19.1 Å². The highest BCUT2D eigenvalue weighted by Gasteiger charge is 1.68. The molecule has 0 aliphatic carbocycles. The average molecular weight is 171 g/mol. The molecule has 0 aromatic carbocycles. The molecule has 1 heterocycles. The van der Waals surface area contributed by atoms with Crippen molar-refractivity contribution in [1.82, 2.24) is 4.57 Å². The van der Waals surface area contributed by atoms with E-state index in [1.165, 1.54) is 0 Å². The first-order valence-corrected chi connectivity index (χ1v) is 4.37. The molecule has 0 radical (unpaired) electrons. The van der Waals surface area contributed by atoms with Crippen LogP contribution in [-0.2, 0) is 11.8 Å². The fourth-order valence-corrected chi connectivity index (χ4v) is 0.421. The summed E-state index contributed by atoms with van der Waals surface area (Å²) in [6.07, 6.45) is 4.00. The van der Waals surface area contributed by atoms with E-state index in [0.29, 0.717) is 0 Å². The molecule has 0 saturated carbocycles. The maximum absolute atomic E-state index is 4.54. The fraction of sp³-hybridized carbons (Fsp3) is 0.600. The number of rotatable bonds is 1. The molecular weight excluding hydrogens is 150 g/mol. The van der Waals surface area contributed by atoms with Crippen molar-refractivity contribution in [3.8, 4) is 0 Å². The third-order valence-electron chi connectivity index (χ3n) is 1.04. The van der Waals surface area contributed by atoms with Gasteiger partial charge in [0.1, 0.15) is 0 Å². The predicted octanol–water partition coefficient (Wildman–Crippen LogP) is 2.70. The maximum Gasteiger partial charge on any atom is 0.0433 e. The van der Waals surface area contributed by atoms with Crippen molar-refractivity contribution in [1.29, 1.82) is 0 Å². The lowest BCUT2D eigenvalue weighted by molar-refractivity contribution is 0.215. The molecule has 0 bridgehead atoms. The molecule has 0 aliphatic heterocycles. The zero-order chi connectivity index (χ0) is 9.82. The monoisotopic (exact) mass is 171 g/mol. The highest BCUT2D eigenvalue weighted by molar-refractivity contribution is 4.88. The van der Waals surface area contributed by atoms with E-state index in [4.69, 9.17) is 0 Å². The lowest BCUT2D eigenvalue weighted by Crippen LogP contribution is -1.75. The Bertz CT molecular complexity index is 134. The second-order valence-electron chi connectivity index (χ2n) is 1.93. The van der Waals surface area contributed by atoms with Gasteiger partial charge >= 0.3 is 0 Å². The molecule has 0 amide bonds. The molecule has 0 saturated heterocycles. The van der Waals surface area contributed by atoms with Gasteiger partial charge in [0.2, 0.25) is 0 Å². The number of aromatic nitrogens is 1. The third-order valence-corrected chi connectivity index (χ3v) is 1.04. The fourth-order valence-electron chi connectivity index (χ4n) is 0.421. The van der Waals surface area contributed by atoms with E-state index in [0.717, 1.165) is 6.61 Å². The van der Waals surface area contributed by atoms with E-state index in [1.54, 1.807) is 7.11 Å². The van der Waals surface area contributed by atoms with Crippen LogP contribution in [0.15, 0.2) is 24.5 Å². The number of hydrogen-bond acceptors (Lipinski definition) is 1. The Morgan fingerprint density at radius 2 is 1.50 bits per heavy atom. The minimum absolute atomic E-state index is 0.819. The Labute approximate surface area is 76.2 Å². The standard InChI is InChI=1S/C5H7N.C3H8O.C2H6/c1-6-4-2-3-5-6;1-3-4-2;1-2/h2-5H,1H3;3H2,1-2H3;1-2H3. The van der Waals surface area contributed by atoms with Gasteiger partial charge in [0, 0.05) is 33.2 Å². The van der Waals surface area contributed by atoms with Gasteiger partial charge in [0.15, 0.2) is 0 Å². The number of hydrogen-bond donors (Lipinski definition) is 0. The zero-order valence-corrected chi connectivity index (χ0v) is 8.87. The Hall–Kier alpha value is -0.760. The van der Waals surface area contributed by atoms with Crippen molar-refractivity contribution in [2.75, 3.05) is 13.7 Å². The van der Waals surface area contributed by atoms with Crippen LogP contribution >= 0.6 is 0 Å². The van der Waals surface area contributed by atoms with Crippen molar-refractivity contribution >= 4 is 0 Å². The quantitative estimate of drug-likeness (QED) is 0.633. The van der Waals surface area contributed by atoms with Crippen LogP contribution < -0.4 is 0 Å². The molecule has 2 heteroatoms. The summed E-state index contributed by atoms with van der Waals surface area (Å²) in [7, 11) is 3.68. The number of ether oxygens (including phenoxy) is 1. The van der Waals surface area contributed by atoms with Crippen molar-refractivity contribution < 1.29 is 4.74 Å². The van der Waals surface area contributed by atoms with Gasteiger partial charge < -0.3 is 9.30 Å². The van der Waals surface area contributed by atoms with E-state index in [-0.39, 0.29) is 0 Å². The van der Waals surface area contributed by atoms with Crippen molar-refractivity contribution in [2.45, 2.75) is 20.8 Å². The van der Waals surface area contributed by atoms with Crippen molar-refractivity contribution in [3.63, 3.8) is 0 Å². The molecule has 1 aromatic rings. The van der Waals surface area contributed by atoms with Crippen LogP contribution in [0.4, 0.5) is 0 Å². The van der Waals surface area contributed by atoms with Crippen LogP contribution in [0.1, 0.15) is 20.8 Å². The molecule has 0 N–H and O–H groups in total. The Morgan fingerprint density at radius 1 is 1.17 bits per heavy atom. The van der Waals surface area contributed by atoms with Gasteiger partial charge in [-0.2, -0.15) is 0 Å². The summed E-state index contributed by atoms with van der Waals surface area (Å²) in [6, 6.07) is 4.00. The second-order valence-corrected chi connectivity index (χ2v) is 1.93. The second kappa shape index (κ2) is 12.9. The molecule has 2 nitrogen and oxygen atoms in total. The highest BCUT2D eigenvalue weighted by Crippen LogP contribution is 1.80. The average Bonchev–Trinajstić information content (AvgIpc) is 2.60. The van der Waals surface area contributed by atoms with Crippen LogP contribution in [0.2, 0.25) is 0 Å². The van der Waals surface area contributed by atoms with E-state index >= 15 is 0 Å². The number of methoxy groups -OCH3 is 1. The minimum atomic E-state index is 0.819. The van der Waals surface area contributed by atoms with Gasteiger partial charge in [0.25, 0.3) is 0 Å². The zero-order valence-electron chi connectivity index (χ0n) is 8.87. The van der Waals surface area contributed by atoms with Crippen LogP contribution in [0.5, 0.6) is 0 Å². The topological polar surface area (TPSA) is 14.2 Å². The van der Waals surface area contributed by atoms with E-state index in [9.17, 15) is 0 Å². The minimum Gasteiger partial charge on any atom is -0.385 e. The number of nitrogens with zero attached hydrogens (tertiary/aromatic N) is 1. The van der Waals surface area contributed by atoms with E-state index in [1.807, 2.05) is 56.9 Å². The first-order chi connectivity index (χ1) is 5.81. The summed E-state index contributed by atoms with van der Waals surface area (Å²) < 4.78 is 6.54. The molecule has 12 heavy (non-hydrogen) atoms. The molecule has 0 spiro atoms. The largest absolute Gasteiger partial charge is 0.385 e. The molecule has 0 unspecified atom stereocenters. The van der Waals surface area contributed by atoms with Gasteiger partial charge in [-0.15, -0.1) is 0 Å². The highest BCUT2D eigenvalue weighted by atomic mass is 16.5. The molecule has 0 fully saturated rings. The maximum atomic E-state index is 4.54. The summed E-state index contributed by atoms with van der Waals surface area (Å²) in [5.74, 6) is 0. The molecule has 1 aromatic heterocycles. The number of aryl methyl sites for hydroxylation is 1. The van der Waals surface area contributed by atoms with Crippen LogP contribution in [0, 0.1) is 0 Å². The smallest absolute Gasteiger partial charge is 0.0433 e. The molecule has 0 aliphatic rings. The summed E-state index contributed by atoms with van der Waals surface area (Å²) in [5, 5.41) is 0. The Balaban J connectivity index is 0. The predicted molar refractivity (Wildman–Crippen MR) is 54.3 cm³/mol. The van der Waals surface area contributed by atoms with E-state index < -0.39 is 0 Å². The first-order valence-electron chi connectivity index (χ1n) is 4.37. The van der Waals surface area contributed by atoms with E-state index in [2.05, 4.69) is 4.74 Å². The molecular formula is C10H21NO. The lowest BCUT2D eigenvalue weighted by atomic mass is 10.7. The Morgan fingerprint density at radius 3 is 1.58 bits per heavy atom. The van der Waals surface area contributed by atoms with Crippen LogP contribution in [-0.4, -0.2) is 18.3 Å². The normalized spacial score (nSPS) is 7.42. The van der Waals surface area contributed by atoms with Gasteiger partial charge in [-0.25, -0.2) is 0 Å². The molecule has 0 atom stereocenters. The van der Waals surface area contributed by atoms with Gasteiger partial charge in [0.05, 0.1) is 0 Å².